The minimum Gasteiger partial charge on any atom is -0.459 e. The van der Waals surface area contributed by atoms with E-state index < -0.39 is 11.9 Å². The highest BCUT2D eigenvalue weighted by atomic mass is 16.7. The summed E-state index contributed by atoms with van der Waals surface area (Å²) in [6, 6.07) is 9.96. The fraction of sp³-hybridized carbons (Fsp3) is 0.611. The highest BCUT2D eigenvalue weighted by Crippen LogP contribution is 2.38. The Labute approximate surface area is 136 Å². The number of carbonyl (C=O) groups excluding carboxylic acids is 1. The van der Waals surface area contributed by atoms with Gasteiger partial charge in [0.15, 0.2) is 5.79 Å². The average molecular weight is 320 g/mol. The summed E-state index contributed by atoms with van der Waals surface area (Å²) in [6.45, 7) is 3.04. The summed E-state index contributed by atoms with van der Waals surface area (Å²) in [5.41, 5.74) is 1.07. The molecule has 2 saturated heterocycles. The minimum atomic E-state index is -0.786. The maximum absolute atomic E-state index is 11.4. The molecule has 0 saturated carbocycles. The van der Waals surface area contributed by atoms with Crippen LogP contribution in [0.15, 0.2) is 30.3 Å². The lowest BCUT2D eigenvalue weighted by Gasteiger charge is -2.47. The topological polar surface area (TPSA) is 54.0 Å². The number of hydrogen-bond donors (Lipinski definition) is 0. The third-order valence-corrected chi connectivity index (χ3v) is 4.38. The van der Waals surface area contributed by atoms with Crippen molar-refractivity contribution < 1.29 is 23.7 Å². The Hall–Kier alpha value is -1.43. The zero-order valence-corrected chi connectivity index (χ0v) is 13.5. The lowest BCUT2D eigenvalue weighted by atomic mass is 9.92. The van der Waals surface area contributed by atoms with Crippen LogP contribution in [0.2, 0.25) is 0 Å². The van der Waals surface area contributed by atoms with Gasteiger partial charge in [-0.05, 0) is 18.4 Å². The van der Waals surface area contributed by atoms with Crippen molar-refractivity contribution in [1.82, 2.24) is 0 Å². The maximum Gasteiger partial charge on any atom is 0.302 e. The van der Waals surface area contributed by atoms with E-state index in [2.05, 4.69) is 0 Å². The molecule has 0 aliphatic carbocycles. The second kappa shape index (κ2) is 7.43. The van der Waals surface area contributed by atoms with Gasteiger partial charge in [0.2, 0.25) is 0 Å². The molecule has 3 rings (SSSR count). The van der Waals surface area contributed by atoms with Gasteiger partial charge in [0.1, 0.15) is 12.2 Å². The molecule has 0 N–H and O–H groups in total. The van der Waals surface area contributed by atoms with Gasteiger partial charge >= 0.3 is 5.97 Å². The molecule has 5 heteroatoms. The first kappa shape index (κ1) is 16.4. The highest BCUT2D eigenvalue weighted by Gasteiger charge is 2.51. The van der Waals surface area contributed by atoms with Gasteiger partial charge in [-0.25, -0.2) is 0 Å². The summed E-state index contributed by atoms with van der Waals surface area (Å²) in [4.78, 5) is 11.4. The van der Waals surface area contributed by atoms with E-state index in [4.69, 9.17) is 18.9 Å². The van der Waals surface area contributed by atoms with Crippen LogP contribution in [0.4, 0.5) is 0 Å². The molecule has 1 spiro atoms. The lowest BCUT2D eigenvalue weighted by Crippen LogP contribution is -2.60. The first-order valence-electron chi connectivity index (χ1n) is 8.30. The molecule has 0 bridgehead atoms. The molecule has 2 heterocycles. The van der Waals surface area contributed by atoms with Crippen LogP contribution < -0.4 is 0 Å². The number of rotatable bonds is 4. The molecule has 126 valence electrons. The van der Waals surface area contributed by atoms with Gasteiger partial charge in [0.05, 0.1) is 19.8 Å². The zero-order chi connectivity index (χ0) is 16.1. The highest BCUT2D eigenvalue weighted by molar-refractivity contribution is 5.66. The van der Waals surface area contributed by atoms with E-state index in [0.29, 0.717) is 26.2 Å². The number of hydrogen-bond acceptors (Lipinski definition) is 5. The number of carbonyl (C=O) groups is 1. The second-order valence-corrected chi connectivity index (χ2v) is 6.12. The average Bonchev–Trinajstić information content (AvgIpc) is 2.56. The van der Waals surface area contributed by atoms with Gasteiger partial charge in [-0.15, -0.1) is 0 Å². The predicted octanol–water partition coefficient (Wildman–Crippen LogP) is 2.82. The quantitative estimate of drug-likeness (QED) is 0.799. The molecule has 3 atom stereocenters. The van der Waals surface area contributed by atoms with Gasteiger partial charge in [0, 0.05) is 19.8 Å². The second-order valence-electron chi connectivity index (χ2n) is 6.12. The molecule has 5 nitrogen and oxygen atoms in total. The molecule has 0 unspecified atom stereocenters. The molecule has 23 heavy (non-hydrogen) atoms. The van der Waals surface area contributed by atoms with Crippen LogP contribution in [-0.2, 0) is 30.3 Å². The van der Waals surface area contributed by atoms with Gasteiger partial charge in [0.25, 0.3) is 0 Å². The van der Waals surface area contributed by atoms with Crippen LogP contribution in [0, 0.1) is 0 Å². The van der Waals surface area contributed by atoms with Crippen molar-refractivity contribution in [2.75, 3.05) is 13.2 Å². The summed E-state index contributed by atoms with van der Waals surface area (Å²) in [6.07, 6.45) is 2.71. The van der Waals surface area contributed by atoms with Crippen LogP contribution in [0.1, 0.15) is 38.2 Å². The molecule has 2 aliphatic heterocycles. The van der Waals surface area contributed by atoms with E-state index >= 15 is 0 Å². The Balaban J connectivity index is 1.76. The van der Waals surface area contributed by atoms with E-state index in [1.807, 2.05) is 30.3 Å². The Bertz CT molecular complexity index is 504. The van der Waals surface area contributed by atoms with Crippen LogP contribution in [0.3, 0.4) is 0 Å². The van der Waals surface area contributed by atoms with Crippen molar-refractivity contribution in [3.05, 3.63) is 35.9 Å². The summed E-state index contributed by atoms with van der Waals surface area (Å²) >= 11 is 0. The van der Waals surface area contributed by atoms with Crippen molar-refractivity contribution in [2.45, 2.75) is 57.2 Å². The van der Waals surface area contributed by atoms with Crippen molar-refractivity contribution in [3.63, 3.8) is 0 Å². The van der Waals surface area contributed by atoms with E-state index in [9.17, 15) is 4.79 Å². The Morgan fingerprint density at radius 1 is 1.22 bits per heavy atom. The van der Waals surface area contributed by atoms with Gasteiger partial charge in [-0.2, -0.15) is 0 Å². The van der Waals surface area contributed by atoms with Crippen molar-refractivity contribution in [1.29, 1.82) is 0 Å². The molecule has 0 aromatic heterocycles. The van der Waals surface area contributed by atoms with E-state index in [0.717, 1.165) is 24.8 Å². The summed E-state index contributed by atoms with van der Waals surface area (Å²) in [5, 5.41) is 0. The number of esters is 1. The summed E-state index contributed by atoms with van der Waals surface area (Å²) in [5.74, 6) is -1.08. The van der Waals surface area contributed by atoms with Crippen LogP contribution in [0.5, 0.6) is 0 Å². The third-order valence-electron chi connectivity index (χ3n) is 4.38. The standard InChI is InChI=1S/C18H24O5/c1-14(19)23-16-9-12-22-18(10-5-6-11-21-18)17(16)20-13-15-7-3-2-4-8-15/h2-4,7-8,16-17H,5-6,9-13H2,1H3/t16-,17-,18-/m0/s1. The molecular weight excluding hydrogens is 296 g/mol. The largest absolute Gasteiger partial charge is 0.459 e. The van der Waals surface area contributed by atoms with Crippen molar-refractivity contribution >= 4 is 5.97 Å². The SMILES string of the molecule is CC(=O)O[C@H]1CCO[C@@]2(CCCCO2)[C@H]1OCc1ccccc1. The van der Waals surface area contributed by atoms with Crippen LogP contribution in [0.25, 0.3) is 0 Å². The maximum atomic E-state index is 11.4. The summed E-state index contributed by atoms with van der Waals surface area (Å²) < 4.78 is 23.6. The number of benzene rings is 1. The Kier molecular flexibility index (Phi) is 5.30. The molecular formula is C18H24O5. The molecule has 0 radical (unpaired) electrons. The van der Waals surface area contributed by atoms with E-state index in [-0.39, 0.29) is 12.1 Å². The van der Waals surface area contributed by atoms with E-state index in [1.165, 1.54) is 6.92 Å². The molecule has 2 aliphatic rings. The normalized spacial score (nSPS) is 31.0. The lowest BCUT2D eigenvalue weighted by molar-refractivity contribution is -0.343. The summed E-state index contributed by atoms with van der Waals surface area (Å²) in [7, 11) is 0. The zero-order valence-electron chi connectivity index (χ0n) is 13.5. The van der Waals surface area contributed by atoms with Gasteiger partial charge < -0.3 is 18.9 Å². The predicted molar refractivity (Wildman–Crippen MR) is 83.7 cm³/mol. The number of ether oxygens (including phenoxy) is 4. The smallest absolute Gasteiger partial charge is 0.302 e. The minimum absolute atomic E-state index is 0.295. The van der Waals surface area contributed by atoms with Gasteiger partial charge in [-0.1, -0.05) is 30.3 Å². The van der Waals surface area contributed by atoms with Crippen molar-refractivity contribution in [2.24, 2.45) is 0 Å². The van der Waals surface area contributed by atoms with Crippen LogP contribution in [-0.4, -0.2) is 37.2 Å². The molecule has 0 amide bonds. The fourth-order valence-electron chi connectivity index (χ4n) is 3.32. The first-order chi connectivity index (χ1) is 11.2. The Morgan fingerprint density at radius 3 is 2.70 bits per heavy atom. The van der Waals surface area contributed by atoms with Gasteiger partial charge in [-0.3, -0.25) is 4.79 Å². The fourth-order valence-corrected chi connectivity index (χ4v) is 3.32. The van der Waals surface area contributed by atoms with Crippen molar-refractivity contribution in [3.8, 4) is 0 Å². The molecule has 2 fully saturated rings. The molecule has 1 aromatic carbocycles. The van der Waals surface area contributed by atoms with Crippen LogP contribution >= 0.6 is 0 Å². The third kappa shape index (κ3) is 3.91. The molecule has 1 aromatic rings. The monoisotopic (exact) mass is 320 g/mol. The Morgan fingerprint density at radius 2 is 2.00 bits per heavy atom. The first-order valence-corrected chi connectivity index (χ1v) is 8.30. The van der Waals surface area contributed by atoms with E-state index in [1.54, 1.807) is 0 Å².